The predicted octanol–water partition coefficient (Wildman–Crippen LogP) is 2.54. The Hall–Kier alpha value is -1.33. The van der Waals surface area contributed by atoms with Crippen LogP contribution in [0.15, 0.2) is 24.3 Å². The molecule has 0 bridgehead atoms. The van der Waals surface area contributed by atoms with Gasteiger partial charge in [-0.2, -0.15) is 5.26 Å². The third kappa shape index (κ3) is 2.37. The van der Waals surface area contributed by atoms with E-state index in [9.17, 15) is 0 Å². The molecule has 0 amide bonds. The fourth-order valence-corrected chi connectivity index (χ4v) is 1.92. The quantitative estimate of drug-likeness (QED) is 0.746. The molecule has 1 aliphatic carbocycles. The lowest BCUT2D eigenvalue weighted by atomic mass is 10.1. The highest BCUT2D eigenvalue weighted by molar-refractivity contribution is 5.37. The fourth-order valence-electron chi connectivity index (χ4n) is 1.92. The van der Waals surface area contributed by atoms with Crippen molar-refractivity contribution in [2.24, 2.45) is 0 Å². The van der Waals surface area contributed by atoms with Gasteiger partial charge in [0.15, 0.2) is 0 Å². The van der Waals surface area contributed by atoms with E-state index in [4.69, 9.17) is 5.26 Å². The van der Waals surface area contributed by atoms with E-state index in [-0.39, 0.29) is 0 Å². The summed E-state index contributed by atoms with van der Waals surface area (Å²) >= 11 is 0. The molecule has 1 aliphatic rings. The van der Waals surface area contributed by atoms with Gasteiger partial charge >= 0.3 is 0 Å². The van der Waals surface area contributed by atoms with E-state index in [2.05, 4.69) is 24.0 Å². The van der Waals surface area contributed by atoms with Gasteiger partial charge in [-0.25, -0.2) is 0 Å². The van der Waals surface area contributed by atoms with Gasteiger partial charge in [0.2, 0.25) is 0 Å². The first-order chi connectivity index (χ1) is 7.35. The Bertz CT molecular complexity index is 374. The number of hydrogen-bond donors (Lipinski definition) is 0. The lowest BCUT2D eigenvalue weighted by molar-refractivity contribution is 0.269. The van der Waals surface area contributed by atoms with E-state index in [1.165, 1.54) is 12.8 Å². The lowest BCUT2D eigenvalue weighted by Crippen LogP contribution is -2.25. The largest absolute Gasteiger partial charge is 0.296 e. The minimum absolute atomic E-state index is 0.766. The summed E-state index contributed by atoms with van der Waals surface area (Å²) < 4.78 is 0. The first-order valence-electron chi connectivity index (χ1n) is 5.57. The molecular formula is C13H16N2. The maximum absolute atomic E-state index is 8.99. The van der Waals surface area contributed by atoms with E-state index < -0.39 is 0 Å². The Labute approximate surface area is 91.1 Å². The van der Waals surface area contributed by atoms with E-state index in [0.717, 1.165) is 30.3 Å². The maximum Gasteiger partial charge on any atom is 0.0995 e. The summed E-state index contributed by atoms with van der Waals surface area (Å²) in [6, 6.07) is 10.9. The summed E-state index contributed by atoms with van der Waals surface area (Å²) in [6.45, 7) is 4.18. The standard InChI is InChI=1S/C13H16N2/c1-2-15(13-7-8-13)10-12-6-4-3-5-11(12)9-14/h3-6,13H,2,7-8,10H2,1H3. The van der Waals surface area contributed by atoms with Crippen molar-refractivity contribution in [3.8, 4) is 6.07 Å². The van der Waals surface area contributed by atoms with Crippen LogP contribution >= 0.6 is 0 Å². The highest BCUT2D eigenvalue weighted by Gasteiger charge is 2.27. The van der Waals surface area contributed by atoms with Gasteiger partial charge < -0.3 is 0 Å². The molecule has 1 fully saturated rings. The van der Waals surface area contributed by atoms with Gasteiger partial charge in [0, 0.05) is 12.6 Å². The van der Waals surface area contributed by atoms with Gasteiger partial charge in [-0.05, 0) is 31.0 Å². The van der Waals surface area contributed by atoms with Crippen LogP contribution in [0.2, 0.25) is 0 Å². The van der Waals surface area contributed by atoms with Crippen LogP contribution in [0, 0.1) is 11.3 Å². The molecule has 0 radical (unpaired) electrons. The van der Waals surface area contributed by atoms with Gasteiger partial charge in [-0.1, -0.05) is 25.1 Å². The average Bonchev–Trinajstić information content (AvgIpc) is 3.10. The summed E-state index contributed by atoms with van der Waals surface area (Å²) in [5, 5.41) is 8.99. The van der Waals surface area contributed by atoms with Crippen molar-refractivity contribution < 1.29 is 0 Å². The molecule has 0 unspecified atom stereocenters. The fraction of sp³-hybridized carbons (Fsp3) is 0.462. The zero-order valence-corrected chi connectivity index (χ0v) is 9.11. The van der Waals surface area contributed by atoms with Crippen LogP contribution in [0.1, 0.15) is 30.9 Å². The SMILES string of the molecule is CCN(Cc1ccccc1C#N)C1CC1. The molecule has 1 aromatic carbocycles. The number of rotatable bonds is 4. The Morgan fingerprint density at radius 1 is 1.40 bits per heavy atom. The first-order valence-corrected chi connectivity index (χ1v) is 5.57. The van der Waals surface area contributed by atoms with E-state index in [1.54, 1.807) is 0 Å². The molecule has 15 heavy (non-hydrogen) atoms. The Morgan fingerprint density at radius 2 is 2.13 bits per heavy atom. The van der Waals surface area contributed by atoms with Crippen molar-refractivity contribution in [2.45, 2.75) is 32.4 Å². The van der Waals surface area contributed by atoms with Crippen LogP contribution in [-0.2, 0) is 6.54 Å². The second kappa shape index (κ2) is 4.46. The van der Waals surface area contributed by atoms with Crippen LogP contribution < -0.4 is 0 Å². The van der Waals surface area contributed by atoms with Crippen molar-refractivity contribution in [2.75, 3.05) is 6.54 Å². The Kier molecular flexibility index (Phi) is 3.03. The molecule has 0 saturated heterocycles. The molecule has 78 valence electrons. The molecule has 0 spiro atoms. The van der Waals surface area contributed by atoms with Crippen molar-refractivity contribution in [1.29, 1.82) is 5.26 Å². The van der Waals surface area contributed by atoms with Crippen molar-refractivity contribution in [3.05, 3.63) is 35.4 Å². The molecule has 0 aromatic heterocycles. The topological polar surface area (TPSA) is 27.0 Å². The number of benzene rings is 1. The molecule has 0 aliphatic heterocycles. The van der Waals surface area contributed by atoms with Gasteiger partial charge in [0.05, 0.1) is 11.6 Å². The molecular weight excluding hydrogens is 184 g/mol. The normalized spacial score (nSPS) is 15.3. The summed E-state index contributed by atoms with van der Waals surface area (Å²) in [7, 11) is 0. The molecule has 1 aromatic rings. The second-order valence-corrected chi connectivity index (χ2v) is 4.06. The third-order valence-electron chi connectivity index (χ3n) is 2.98. The van der Waals surface area contributed by atoms with Crippen LogP contribution in [0.3, 0.4) is 0 Å². The van der Waals surface area contributed by atoms with Gasteiger partial charge in [-0.3, -0.25) is 4.90 Å². The predicted molar refractivity (Wildman–Crippen MR) is 60.3 cm³/mol. The Balaban J connectivity index is 2.12. The van der Waals surface area contributed by atoms with E-state index >= 15 is 0 Å². The lowest BCUT2D eigenvalue weighted by Gasteiger charge is -2.20. The molecule has 0 N–H and O–H groups in total. The number of nitriles is 1. The zero-order chi connectivity index (χ0) is 10.7. The van der Waals surface area contributed by atoms with Crippen molar-refractivity contribution in [3.63, 3.8) is 0 Å². The molecule has 0 heterocycles. The van der Waals surface area contributed by atoms with Crippen LogP contribution in [0.4, 0.5) is 0 Å². The number of hydrogen-bond acceptors (Lipinski definition) is 2. The molecule has 2 heteroatoms. The molecule has 0 atom stereocenters. The molecule has 1 saturated carbocycles. The minimum atomic E-state index is 0.766. The van der Waals surface area contributed by atoms with Crippen molar-refractivity contribution in [1.82, 2.24) is 4.90 Å². The zero-order valence-electron chi connectivity index (χ0n) is 9.11. The van der Waals surface area contributed by atoms with Crippen LogP contribution in [0.25, 0.3) is 0 Å². The minimum Gasteiger partial charge on any atom is -0.296 e. The smallest absolute Gasteiger partial charge is 0.0995 e. The highest BCUT2D eigenvalue weighted by atomic mass is 15.2. The summed E-state index contributed by atoms with van der Waals surface area (Å²) in [4.78, 5) is 2.45. The summed E-state index contributed by atoms with van der Waals surface area (Å²) in [5.41, 5.74) is 1.98. The van der Waals surface area contributed by atoms with Gasteiger partial charge in [0.25, 0.3) is 0 Å². The Morgan fingerprint density at radius 3 is 2.73 bits per heavy atom. The monoisotopic (exact) mass is 200 g/mol. The molecule has 2 nitrogen and oxygen atoms in total. The van der Waals surface area contributed by atoms with Crippen molar-refractivity contribution >= 4 is 0 Å². The van der Waals surface area contributed by atoms with Gasteiger partial charge in [0.1, 0.15) is 0 Å². The third-order valence-corrected chi connectivity index (χ3v) is 2.98. The van der Waals surface area contributed by atoms with Crippen LogP contribution in [-0.4, -0.2) is 17.5 Å². The number of nitrogens with zero attached hydrogens (tertiary/aromatic N) is 2. The first kappa shape index (κ1) is 10.2. The van der Waals surface area contributed by atoms with E-state index in [0.29, 0.717) is 0 Å². The van der Waals surface area contributed by atoms with E-state index in [1.807, 2.05) is 18.2 Å². The highest BCUT2D eigenvalue weighted by Crippen LogP contribution is 2.28. The molecule has 2 rings (SSSR count). The summed E-state index contributed by atoms with van der Waals surface area (Å²) in [6.07, 6.45) is 2.64. The van der Waals surface area contributed by atoms with Crippen LogP contribution in [0.5, 0.6) is 0 Å². The summed E-state index contributed by atoms with van der Waals surface area (Å²) in [5.74, 6) is 0. The maximum atomic E-state index is 8.99. The second-order valence-electron chi connectivity index (χ2n) is 4.06. The average molecular weight is 200 g/mol. The van der Waals surface area contributed by atoms with Gasteiger partial charge in [-0.15, -0.1) is 0 Å².